The monoisotopic (exact) mass is 302 g/mol. The molecule has 0 aromatic rings. The Hall–Kier alpha value is 0.867. The van der Waals surface area contributed by atoms with Crippen molar-refractivity contribution in [3.8, 4) is 0 Å². The number of ether oxygens (including phenoxy) is 2. The maximum absolute atomic E-state index is 5.32. The van der Waals surface area contributed by atoms with Gasteiger partial charge in [0.15, 0.2) is 0 Å². The van der Waals surface area contributed by atoms with E-state index in [9.17, 15) is 0 Å². The predicted octanol–water partition coefficient (Wildman–Crippen LogP) is 2.75. The van der Waals surface area contributed by atoms with Crippen LogP contribution in [-0.4, -0.2) is 32.5 Å². The minimum Gasteiger partial charge on any atom is -0.356 e. The van der Waals surface area contributed by atoms with Crippen LogP contribution in [-0.2, 0) is 9.47 Å². The van der Waals surface area contributed by atoms with Crippen molar-refractivity contribution in [3.05, 3.63) is 0 Å². The van der Waals surface area contributed by atoms with Crippen molar-refractivity contribution in [2.75, 3.05) is 24.4 Å². The van der Waals surface area contributed by atoms with E-state index < -0.39 is 8.07 Å². The van der Waals surface area contributed by atoms with E-state index >= 15 is 0 Å². The molecular weight excluding hydrogens is 283 g/mol. The first-order chi connectivity index (χ1) is 5.56. The summed E-state index contributed by atoms with van der Waals surface area (Å²) >= 11 is 2.29. The molecule has 0 atom stereocenters. The SMILES string of the molecule is C[Si](C)(C)CCOCOCCI. The summed E-state index contributed by atoms with van der Waals surface area (Å²) in [6, 6.07) is 1.22. The first kappa shape index (κ1) is 12.9. The molecule has 0 fully saturated rings. The van der Waals surface area contributed by atoms with E-state index in [4.69, 9.17) is 9.47 Å². The summed E-state index contributed by atoms with van der Waals surface area (Å²) in [5.41, 5.74) is 0. The Bertz CT molecular complexity index is 104. The second-order valence-electron chi connectivity index (χ2n) is 3.93. The predicted molar refractivity (Wildman–Crippen MR) is 63.8 cm³/mol. The second kappa shape index (κ2) is 7.29. The maximum atomic E-state index is 5.32. The van der Waals surface area contributed by atoms with Gasteiger partial charge in [0.2, 0.25) is 0 Å². The first-order valence-electron chi connectivity index (χ1n) is 4.28. The molecule has 2 nitrogen and oxygen atoms in total. The highest BCUT2D eigenvalue weighted by Gasteiger charge is 2.11. The standard InChI is InChI=1S/C8H19IO2Si/c1-12(2,3)7-6-11-8-10-5-4-9/h4-8H2,1-3H3. The summed E-state index contributed by atoms with van der Waals surface area (Å²) in [7, 11) is -0.908. The van der Waals surface area contributed by atoms with Crippen molar-refractivity contribution in [1.82, 2.24) is 0 Å². The minimum absolute atomic E-state index is 0.466. The smallest absolute Gasteiger partial charge is 0.146 e. The summed E-state index contributed by atoms with van der Waals surface area (Å²) in [5.74, 6) is 0. The van der Waals surface area contributed by atoms with Crippen molar-refractivity contribution < 1.29 is 9.47 Å². The van der Waals surface area contributed by atoms with Gasteiger partial charge in [-0.1, -0.05) is 42.2 Å². The van der Waals surface area contributed by atoms with Gasteiger partial charge in [-0.2, -0.15) is 0 Å². The zero-order chi connectivity index (χ0) is 9.45. The molecule has 74 valence electrons. The molecule has 0 aliphatic carbocycles. The van der Waals surface area contributed by atoms with Crippen molar-refractivity contribution in [3.63, 3.8) is 0 Å². The molecule has 0 unspecified atom stereocenters. The molecule has 0 rings (SSSR count). The third-order valence-electron chi connectivity index (χ3n) is 1.38. The maximum Gasteiger partial charge on any atom is 0.146 e. The molecular formula is C8H19IO2Si. The third-order valence-corrected chi connectivity index (χ3v) is 3.53. The number of hydrogen-bond acceptors (Lipinski definition) is 2. The van der Waals surface area contributed by atoms with E-state index in [0.29, 0.717) is 6.79 Å². The van der Waals surface area contributed by atoms with E-state index in [-0.39, 0.29) is 0 Å². The van der Waals surface area contributed by atoms with Crippen molar-refractivity contribution in [2.24, 2.45) is 0 Å². The zero-order valence-electron chi connectivity index (χ0n) is 8.23. The highest BCUT2D eigenvalue weighted by molar-refractivity contribution is 14.1. The highest BCUT2D eigenvalue weighted by Crippen LogP contribution is 2.07. The quantitative estimate of drug-likeness (QED) is 0.237. The number of hydrogen-bond donors (Lipinski definition) is 0. The summed E-state index contributed by atoms with van der Waals surface area (Å²) in [4.78, 5) is 0. The average Bonchev–Trinajstić information content (AvgIpc) is 1.94. The average molecular weight is 302 g/mol. The van der Waals surface area contributed by atoms with E-state index in [1.54, 1.807) is 0 Å². The summed E-state index contributed by atoms with van der Waals surface area (Å²) in [5, 5.41) is 0. The fraction of sp³-hybridized carbons (Fsp3) is 1.00. The molecule has 0 N–H and O–H groups in total. The van der Waals surface area contributed by atoms with E-state index in [2.05, 4.69) is 42.2 Å². The molecule has 0 radical (unpaired) electrons. The van der Waals surface area contributed by atoms with Crippen molar-refractivity contribution >= 4 is 30.7 Å². The van der Waals surface area contributed by atoms with E-state index in [1.807, 2.05) is 0 Å². The van der Waals surface area contributed by atoms with Gasteiger partial charge in [0.25, 0.3) is 0 Å². The van der Waals surface area contributed by atoms with Gasteiger partial charge in [-0.05, 0) is 6.04 Å². The Labute approximate surface area is 90.2 Å². The first-order valence-corrected chi connectivity index (χ1v) is 9.51. The van der Waals surface area contributed by atoms with Crippen molar-refractivity contribution in [2.45, 2.75) is 25.7 Å². The Morgan fingerprint density at radius 2 is 1.67 bits per heavy atom. The molecule has 0 bridgehead atoms. The Morgan fingerprint density at radius 1 is 1.08 bits per heavy atom. The van der Waals surface area contributed by atoms with Crippen LogP contribution in [0.3, 0.4) is 0 Å². The summed E-state index contributed by atoms with van der Waals surface area (Å²) in [6.45, 7) is 9.17. The number of halogens is 1. The fourth-order valence-corrected chi connectivity index (χ4v) is 1.68. The molecule has 0 aromatic carbocycles. The molecule has 0 aliphatic rings. The van der Waals surface area contributed by atoms with Crippen molar-refractivity contribution in [1.29, 1.82) is 0 Å². The largest absolute Gasteiger partial charge is 0.356 e. The van der Waals surface area contributed by atoms with Crippen LogP contribution >= 0.6 is 22.6 Å². The fourth-order valence-electron chi connectivity index (χ4n) is 0.610. The van der Waals surface area contributed by atoms with Crippen LogP contribution in [0, 0.1) is 0 Å². The van der Waals surface area contributed by atoms with E-state index in [1.165, 1.54) is 6.04 Å². The molecule has 4 heteroatoms. The van der Waals surface area contributed by atoms with Crippen LogP contribution in [0.5, 0.6) is 0 Å². The lowest BCUT2D eigenvalue weighted by atomic mass is 10.8. The van der Waals surface area contributed by atoms with Crippen LogP contribution in [0.15, 0.2) is 0 Å². The van der Waals surface area contributed by atoms with Crippen LogP contribution in [0.25, 0.3) is 0 Å². The Morgan fingerprint density at radius 3 is 2.17 bits per heavy atom. The zero-order valence-corrected chi connectivity index (χ0v) is 11.4. The number of alkyl halides is 1. The van der Waals surface area contributed by atoms with Gasteiger partial charge in [0.1, 0.15) is 6.79 Å². The molecule has 0 amide bonds. The van der Waals surface area contributed by atoms with Gasteiger partial charge in [0.05, 0.1) is 6.61 Å². The van der Waals surface area contributed by atoms with Crippen LogP contribution < -0.4 is 0 Å². The summed E-state index contributed by atoms with van der Waals surface area (Å²) < 4.78 is 11.5. The van der Waals surface area contributed by atoms with E-state index in [0.717, 1.165) is 17.6 Å². The topological polar surface area (TPSA) is 18.5 Å². The molecule has 0 aliphatic heterocycles. The lowest BCUT2D eigenvalue weighted by Gasteiger charge is -2.15. The van der Waals surface area contributed by atoms with Gasteiger partial charge in [0, 0.05) is 19.1 Å². The third kappa shape index (κ3) is 10.9. The lowest BCUT2D eigenvalue weighted by molar-refractivity contribution is -0.0432. The van der Waals surface area contributed by atoms with Gasteiger partial charge in [-0.15, -0.1) is 0 Å². The molecule has 0 heterocycles. The Kier molecular flexibility index (Phi) is 7.81. The van der Waals surface area contributed by atoms with Gasteiger partial charge >= 0.3 is 0 Å². The summed E-state index contributed by atoms with van der Waals surface area (Å²) in [6.07, 6.45) is 0. The Balaban J connectivity index is 3.01. The molecule has 0 saturated carbocycles. The lowest BCUT2D eigenvalue weighted by Crippen LogP contribution is -2.22. The van der Waals surface area contributed by atoms with Crippen LogP contribution in [0.4, 0.5) is 0 Å². The molecule has 0 spiro atoms. The minimum atomic E-state index is -0.908. The number of rotatable bonds is 7. The normalized spacial score (nSPS) is 12.0. The van der Waals surface area contributed by atoms with Crippen LogP contribution in [0.1, 0.15) is 0 Å². The highest BCUT2D eigenvalue weighted by atomic mass is 127. The molecule has 0 aromatic heterocycles. The van der Waals surface area contributed by atoms with Gasteiger partial charge < -0.3 is 9.47 Å². The molecule has 12 heavy (non-hydrogen) atoms. The second-order valence-corrected chi connectivity index (χ2v) is 10.6. The van der Waals surface area contributed by atoms with Gasteiger partial charge in [-0.3, -0.25) is 0 Å². The van der Waals surface area contributed by atoms with Crippen LogP contribution in [0.2, 0.25) is 25.7 Å². The molecule has 0 saturated heterocycles. The van der Waals surface area contributed by atoms with Gasteiger partial charge in [-0.25, -0.2) is 0 Å².